The highest BCUT2D eigenvalue weighted by molar-refractivity contribution is 5.86. The molecule has 0 fully saturated rings. The second kappa shape index (κ2) is 5.28. The number of carbonyl (C=O) groups excluding carboxylic acids is 2. The van der Waals surface area contributed by atoms with Crippen molar-refractivity contribution in [1.82, 2.24) is 9.55 Å². The van der Waals surface area contributed by atoms with Gasteiger partial charge in [0.25, 0.3) is 0 Å². The lowest BCUT2D eigenvalue weighted by Gasteiger charge is -2.19. The molecule has 0 spiro atoms. The van der Waals surface area contributed by atoms with Crippen LogP contribution in [-0.2, 0) is 4.74 Å². The van der Waals surface area contributed by atoms with Gasteiger partial charge in [-0.1, -0.05) is 0 Å². The number of carbonyl (C=O) groups is 2. The van der Waals surface area contributed by atoms with Gasteiger partial charge in [-0.05, 0) is 44.5 Å². The van der Waals surface area contributed by atoms with Crippen LogP contribution in [-0.4, -0.2) is 27.5 Å². The Kier molecular flexibility index (Phi) is 3.70. The Morgan fingerprint density at radius 2 is 1.90 bits per heavy atom. The maximum absolute atomic E-state index is 12.1. The molecular formula is C15H16N2O3. The molecule has 0 saturated carbocycles. The predicted octanol–water partition coefficient (Wildman–Crippen LogP) is 3.15. The van der Waals surface area contributed by atoms with Crippen LogP contribution in [0.4, 0.5) is 4.79 Å². The fourth-order valence-corrected chi connectivity index (χ4v) is 1.74. The molecule has 0 bridgehead atoms. The maximum Gasteiger partial charge on any atom is 0.419 e. The third kappa shape index (κ3) is 3.12. The summed E-state index contributed by atoms with van der Waals surface area (Å²) in [5.74, 6) is 0. The van der Waals surface area contributed by atoms with Gasteiger partial charge < -0.3 is 4.74 Å². The average Bonchev–Trinajstić information content (AvgIpc) is 2.82. The molecule has 0 aliphatic rings. The molecule has 0 radical (unpaired) electrons. The molecule has 2 aromatic rings. The van der Waals surface area contributed by atoms with Crippen LogP contribution < -0.4 is 0 Å². The van der Waals surface area contributed by atoms with Crippen LogP contribution in [0.3, 0.4) is 0 Å². The molecule has 0 atom stereocenters. The molecule has 5 heteroatoms. The smallest absolute Gasteiger partial charge is 0.419 e. The molecule has 5 nitrogen and oxygen atoms in total. The Balaban J connectivity index is 2.37. The van der Waals surface area contributed by atoms with Crippen molar-refractivity contribution in [3.63, 3.8) is 0 Å². The molecule has 20 heavy (non-hydrogen) atoms. The van der Waals surface area contributed by atoms with Crippen molar-refractivity contribution in [2.24, 2.45) is 0 Å². The van der Waals surface area contributed by atoms with Crippen LogP contribution >= 0.6 is 0 Å². The second-order valence-electron chi connectivity index (χ2n) is 5.36. The summed E-state index contributed by atoms with van der Waals surface area (Å²) in [5.41, 5.74) is 1.29. The third-order valence-corrected chi connectivity index (χ3v) is 2.57. The SMILES string of the molecule is CC(C)(C)OC(=O)n1cc(-c2ccncc2)cc1C=O. The summed E-state index contributed by atoms with van der Waals surface area (Å²) in [4.78, 5) is 27.1. The minimum atomic E-state index is -0.613. The number of aldehydes is 1. The van der Waals surface area contributed by atoms with Gasteiger partial charge in [0.2, 0.25) is 0 Å². The van der Waals surface area contributed by atoms with E-state index >= 15 is 0 Å². The first-order chi connectivity index (χ1) is 9.40. The van der Waals surface area contributed by atoms with Gasteiger partial charge in [-0.15, -0.1) is 0 Å². The Hall–Kier alpha value is -2.43. The predicted molar refractivity (Wildman–Crippen MR) is 74.7 cm³/mol. The van der Waals surface area contributed by atoms with E-state index in [1.807, 2.05) is 12.1 Å². The highest BCUT2D eigenvalue weighted by atomic mass is 16.6. The largest absolute Gasteiger partial charge is 0.443 e. The van der Waals surface area contributed by atoms with Gasteiger partial charge in [0.1, 0.15) is 5.60 Å². The molecule has 0 amide bonds. The summed E-state index contributed by atoms with van der Waals surface area (Å²) in [6.07, 6.45) is 4.96. The Morgan fingerprint density at radius 3 is 2.45 bits per heavy atom. The summed E-state index contributed by atoms with van der Waals surface area (Å²) in [6, 6.07) is 5.26. The molecule has 2 heterocycles. The molecular weight excluding hydrogens is 256 g/mol. The van der Waals surface area contributed by atoms with E-state index in [2.05, 4.69) is 4.98 Å². The van der Waals surface area contributed by atoms with Gasteiger partial charge in [-0.2, -0.15) is 0 Å². The van der Waals surface area contributed by atoms with Crippen LogP contribution in [0.15, 0.2) is 36.8 Å². The van der Waals surface area contributed by atoms with E-state index in [9.17, 15) is 9.59 Å². The van der Waals surface area contributed by atoms with E-state index < -0.39 is 11.7 Å². The van der Waals surface area contributed by atoms with Gasteiger partial charge in [0.05, 0.1) is 5.69 Å². The van der Waals surface area contributed by atoms with E-state index in [0.717, 1.165) is 11.1 Å². The monoisotopic (exact) mass is 272 g/mol. The van der Waals surface area contributed by atoms with Crippen LogP contribution in [0.25, 0.3) is 11.1 Å². The van der Waals surface area contributed by atoms with E-state index in [1.54, 1.807) is 45.4 Å². The highest BCUT2D eigenvalue weighted by Crippen LogP contribution is 2.22. The zero-order chi connectivity index (χ0) is 14.8. The van der Waals surface area contributed by atoms with Crippen LogP contribution in [0.2, 0.25) is 0 Å². The van der Waals surface area contributed by atoms with Crippen LogP contribution in [0, 0.1) is 0 Å². The van der Waals surface area contributed by atoms with Gasteiger partial charge in [-0.3, -0.25) is 9.78 Å². The summed E-state index contributed by atoms with van der Waals surface area (Å²) < 4.78 is 6.48. The minimum absolute atomic E-state index is 0.256. The van der Waals surface area contributed by atoms with Crippen LogP contribution in [0.5, 0.6) is 0 Å². The highest BCUT2D eigenvalue weighted by Gasteiger charge is 2.20. The quantitative estimate of drug-likeness (QED) is 0.788. The van der Waals surface area contributed by atoms with E-state index in [4.69, 9.17) is 4.74 Å². The average molecular weight is 272 g/mol. The summed E-state index contributed by atoms with van der Waals surface area (Å²) in [5, 5.41) is 0. The number of aromatic nitrogens is 2. The van der Waals surface area contributed by atoms with E-state index in [1.165, 1.54) is 4.57 Å². The second-order valence-corrected chi connectivity index (χ2v) is 5.36. The Bertz CT molecular complexity index is 624. The number of nitrogens with zero attached hydrogens (tertiary/aromatic N) is 2. The Morgan fingerprint density at radius 1 is 1.25 bits per heavy atom. The molecule has 0 aliphatic carbocycles. The molecule has 104 valence electrons. The first kappa shape index (κ1) is 14.0. The lowest BCUT2D eigenvalue weighted by Crippen LogP contribution is -2.27. The fraction of sp³-hybridized carbons (Fsp3) is 0.267. The van der Waals surface area contributed by atoms with E-state index in [-0.39, 0.29) is 5.69 Å². The molecule has 0 unspecified atom stereocenters. The standard InChI is InChI=1S/C15H16N2O3/c1-15(2,3)20-14(19)17-9-12(8-13(17)10-18)11-4-6-16-7-5-11/h4-10H,1-3H3. The topological polar surface area (TPSA) is 61.2 Å². The third-order valence-electron chi connectivity index (χ3n) is 2.57. The van der Waals surface area contributed by atoms with Crippen molar-refractivity contribution in [2.45, 2.75) is 26.4 Å². The summed E-state index contributed by atoms with van der Waals surface area (Å²) in [7, 11) is 0. The molecule has 0 aromatic carbocycles. The zero-order valence-corrected chi connectivity index (χ0v) is 11.7. The van der Waals surface area contributed by atoms with Crippen molar-refractivity contribution in [2.75, 3.05) is 0 Å². The first-order valence-corrected chi connectivity index (χ1v) is 6.22. The lowest BCUT2D eigenvalue weighted by molar-refractivity contribution is 0.0531. The van der Waals surface area contributed by atoms with Gasteiger partial charge in [-0.25, -0.2) is 9.36 Å². The number of rotatable bonds is 2. The van der Waals surface area contributed by atoms with Gasteiger partial charge in [0.15, 0.2) is 6.29 Å². The Labute approximate surface area is 117 Å². The van der Waals surface area contributed by atoms with Crippen molar-refractivity contribution >= 4 is 12.4 Å². The lowest BCUT2D eigenvalue weighted by atomic mass is 10.1. The molecule has 2 aromatic heterocycles. The summed E-state index contributed by atoms with van der Waals surface area (Å²) >= 11 is 0. The number of hydrogen-bond acceptors (Lipinski definition) is 4. The minimum Gasteiger partial charge on any atom is -0.443 e. The molecule has 2 rings (SSSR count). The molecule has 0 saturated heterocycles. The fourth-order valence-electron chi connectivity index (χ4n) is 1.74. The molecule has 0 aliphatic heterocycles. The first-order valence-electron chi connectivity index (χ1n) is 6.22. The summed E-state index contributed by atoms with van der Waals surface area (Å²) in [6.45, 7) is 5.33. The number of hydrogen-bond donors (Lipinski definition) is 0. The molecule has 0 N–H and O–H groups in total. The van der Waals surface area contributed by atoms with Crippen molar-refractivity contribution in [3.8, 4) is 11.1 Å². The van der Waals surface area contributed by atoms with E-state index in [0.29, 0.717) is 6.29 Å². The zero-order valence-electron chi connectivity index (χ0n) is 11.7. The van der Waals surface area contributed by atoms with Crippen molar-refractivity contribution < 1.29 is 14.3 Å². The van der Waals surface area contributed by atoms with Crippen molar-refractivity contribution in [3.05, 3.63) is 42.5 Å². The van der Waals surface area contributed by atoms with Crippen molar-refractivity contribution in [1.29, 1.82) is 0 Å². The van der Waals surface area contributed by atoms with Crippen LogP contribution in [0.1, 0.15) is 31.3 Å². The number of ether oxygens (including phenoxy) is 1. The normalized spacial score (nSPS) is 11.2. The van der Waals surface area contributed by atoms with Gasteiger partial charge >= 0.3 is 6.09 Å². The number of pyridine rings is 1. The maximum atomic E-state index is 12.1. The van der Waals surface area contributed by atoms with Gasteiger partial charge in [0, 0.05) is 24.2 Å².